The minimum Gasteiger partial charge on any atom is -0.0891 e. The monoisotopic (exact) mass is 678 g/mol. The lowest BCUT2D eigenvalue weighted by molar-refractivity contribution is 0.877. The average molecular weight is 679 g/mol. The Morgan fingerprint density at radius 1 is 0.523 bits per heavy atom. The molecule has 0 saturated carbocycles. The summed E-state index contributed by atoms with van der Waals surface area (Å²) in [5.74, 6) is 0. The topological polar surface area (TPSA) is 0 Å². The van der Waals surface area contributed by atoms with Crippen molar-refractivity contribution < 1.29 is 0 Å². The van der Waals surface area contributed by atoms with Crippen LogP contribution in [-0.2, 0) is 0 Å². The Bertz CT molecular complexity index is 973. The third-order valence-corrected chi connectivity index (χ3v) is 22.5. The van der Waals surface area contributed by atoms with Gasteiger partial charge < -0.3 is 0 Å². The highest BCUT2D eigenvalue weighted by Gasteiger charge is 2.31. The van der Waals surface area contributed by atoms with Crippen LogP contribution in [0, 0.1) is 0 Å². The third-order valence-electron chi connectivity index (χ3n) is 9.12. The second kappa shape index (κ2) is 24.2. The molecule has 0 N–H and O–H groups in total. The van der Waals surface area contributed by atoms with Crippen molar-refractivity contribution in [3.63, 3.8) is 0 Å². The van der Waals surface area contributed by atoms with Crippen LogP contribution in [0.25, 0.3) is 0 Å². The van der Waals surface area contributed by atoms with Gasteiger partial charge in [-0.05, 0) is 84.4 Å². The fraction of sp³-hybridized carbons (Fsp3) is 0.538. The minimum absolute atomic E-state index is 0.0707. The van der Waals surface area contributed by atoms with E-state index in [4.69, 9.17) is 0 Å². The molecule has 0 nitrogen and oxygen atoms in total. The van der Waals surface area contributed by atoms with Crippen LogP contribution in [0.2, 0.25) is 60.4 Å². The van der Waals surface area contributed by atoms with Gasteiger partial charge in [0, 0.05) is 28.6 Å². The lowest BCUT2D eigenvalue weighted by atomic mass is 10.3. The van der Waals surface area contributed by atoms with E-state index in [1.807, 2.05) is 0 Å². The second-order valence-electron chi connectivity index (χ2n) is 14.1. The van der Waals surface area contributed by atoms with Gasteiger partial charge in [0.1, 0.15) is 0 Å². The maximum absolute atomic E-state index is 2.51. The second-order valence-corrected chi connectivity index (χ2v) is 27.4. The average Bonchev–Trinajstić information content (AvgIpc) is 3.01. The molecule has 0 aliphatic carbocycles. The summed E-state index contributed by atoms with van der Waals surface area (Å²) in [6.45, 7) is 13.6. The van der Waals surface area contributed by atoms with Crippen molar-refractivity contribution in [2.45, 2.75) is 128 Å². The fourth-order valence-corrected chi connectivity index (χ4v) is 21.2. The van der Waals surface area contributed by atoms with Crippen molar-refractivity contribution in [3.8, 4) is 0 Å². The van der Waals surface area contributed by atoms with Crippen LogP contribution in [0.5, 0.6) is 0 Å². The van der Waals surface area contributed by atoms with E-state index >= 15 is 0 Å². The standard InChI is InChI=1S/C39H67PSi4/c1-35(2)21-28-41-25-14-32-44(33-15-26-42-29-22-36(3)4,34-16-27-43-30-23-37(5)6)31-13-24-40(38-17-9-7-10-18-38)39-19-11-8-12-20-39/h7-12,17-23H,13-16,24-34,41-43H2,1-6H3. The van der Waals surface area contributed by atoms with Gasteiger partial charge in [-0.1, -0.05) is 164 Å². The first kappa shape index (κ1) is 39.1. The summed E-state index contributed by atoms with van der Waals surface area (Å²) in [5.41, 5.74) is 4.55. The van der Waals surface area contributed by atoms with Crippen LogP contribution in [0.4, 0.5) is 0 Å². The van der Waals surface area contributed by atoms with Crippen molar-refractivity contribution >= 4 is 55.2 Å². The van der Waals surface area contributed by atoms with E-state index in [1.54, 1.807) is 72.2 Å². The maximum Gasteiger partial charge on any atom is 0.0535 e. The lowest BCUT2D eigenvalue weighted by Gasteiger charge is -2.33. The first-order valence-electron chi connectivity index (χ1n) is 18.1. The molecule has 0 bridgehead atoms. The van der Waals surface area contributed by atoms with Crippen LogP contribution in [0.1, 0.15) is 67.2 Å². The summed E-state index contributed by atoms with van der Waals surface area (Å²) >= 11 is 0. The van der Waals surface area contributed by atoms with Crippen LogP contribution in [-0.4, -0.2) is 42.8 Å². The van der Waals surface area contributed by atoms with Gasteiger partial charge in [0.2, 0.25) is 0 Å². The number of hydrogen-bond donors (Lipinski definition) is 0. The van der Waals surface area contributed by atoms with E-state index < -0.39 is 8.07 Å². The fourth-order valence-electron chi connectivity index (χ4n) is 6.62. The molecule has 0 saturated heterocycles. The number of benzene rings is 2. The highest BCUT2D eigenvalue weighted by molar-refractivity contribution is 7.73. The largest absolute Gasteiger partial charge is 0.0891 e. The molecule has 0 atom stereocenters. The van der Waals surface area contributed by atoms with E-state index in [-0.39, 0.29) is 36.5 Å². The van der Waals surface area contributed by atoms with Gasteiger partial charge in [0.05, 0.1) is 8.07 Å². The third kappa shape index (κ3) is 18.2. The predicted molar refractivity (Wildman–Crippen MR) is 220 cm³/mol. The Labute approximate surface area is 283 Å². The summed E-state index contributed by atoms with van der Waals surface area (Å²) in [5, 5.41) is 3.14. The smallest absolute Gasteiger partial charge is 0.0535 e. The van der Waals surface area contributed by atoms with Crippen molar-refractivity contribution in [2.75, 3.05) is 6.16 Å². The highest BCUT2D eigenvalue weighted by atomic mass is 31.1. The molecule has 0 spiro atoms. The van der Waals surface area contributed by atoms with Gasteiger partial charge in [-0.2, -0.15) is 0 Å². The summed E-state index contributed by atoms with van der Waals surface area (Å²) in [6.07, 6.45) is 15.0. The van der Waals surface area contributed by atoms with Crippen LogP contribution in [0.3, 0.4) is 0 Å². The van der Waals surface area contributed by atoms with E-state index in [2.05, 4.69) is 120 Å². The predicted octanol–water partition coefficient (Wildman–Crippen LogP) is 10.0. The summed E-state index contributed by atoms with van der Waals surface area (Å²) < 4.78 is 0. The molecule has 0 amide bonds. The quantitative estimate of drug-likeness (QED) is 0.0449. The molecule has 2 aromatic carbocycles. The Morgan fingerprint density at radius 3 is 1.20 bits per heavy atom. The molecule has 2 aromatic rings. The summed E-state index contributed by atoms with van der Waals surface area (Å²) in [7, 11) is -1.33. The van der Waals surface area contributed by atoms with Crippen molar-refractivity contribution in [1.82, 2.24) is 0 Å². The Balaban J connectivity index is 2.15. The van der Waals surface area contributed by atoms with Gasteiger partial charge in [0.25, 0.3) is 0 Å². The summed E-state index contributed by atoms with van der Waals surface area (Å²) in [4.78, 5) is 0. The molecule has 0 aromatic heterocycles. The normalized spacial score (nSPS) is 13.3. The highest BCUT2D eigenvalue weighted by Crippen LogP contribution is 2.39. The van der Waals surface area contributed by atoms with Crippen LogP contribution >= 0.6 is 7.92 Å². The molecule has 0 aliphatic rings. The Kier molecular flexibility index (Phi) is 21.5. The SMILES string of the molecule is CC(C)=CC[SiH2]CCC[Si](CCC[SiH2]CC=C(C)C)(CCC[SiH2]CC=C(C)C)CCCP(c1ccccc1)c1ccccc1. The van der Waals surface area contributed by atoms with Crippen LogP contribution in [0.15, 0.2) is 95.6 Å². The molecule has 0 fully saturated rings. The zero-order valence-corrected chi connectivity index (χ0v) is 35.8. The van der Waals surface area contributed by atoms with Gasteiger partial charge in [-0.3, -0.25) is 0 Å². The lowest BCUT2D eigenvalue weighted by Crippen LogP contribution is -2.34. The molecule has 0 heterocycles. The van der Waals surface area contributed by atoms with E-state index in [0.29, 0.717) is 0 Å². The van der Waals surface area contributed by atoms with Crippen LogP contribution < -0.4 is 10.6 Å². The van der Waals surface area contributed by atoms with E-state index in [0.717, 1.165) is 0 Å². The van der Waals surface area contributed by atoms with E-state index in [9.17, 15) is 0 Å². The molecule has 0 aliphatic heterocycles. The Morgan fingerprint density at radius 2 is 0.864 bits per heavy atom. The minimum atomic E-state index is -1.28. The molecular weight excluding hydrogens is 612 g/mol. The molecule has 2 rings (SSSR count). The molecule has 0 radical (unpaired) electrons. The number of hydrogen-bond acceptors (Lipinski definition) is 0. The number of allylic oxidation sites excluding steroid dienone is 6. The Hall–Kier alpha value is -1.04. The maximum atomic E-state index is 2.51. The molecular formula is C39H67PSi4. The zero-order valence-electron chi connectivity index (χ0n) is 29.7. The van der Waals surface area contributed by atoms with Crippen molar-refractivity contribution in [1.29, 1.82) is 0 Å². The van der Waals surface area contributed by atoms with Gasteiger partial charge in [-0.25, -0.2) is 0 Å². The summed E-state index contributed by atoms with van der Waals surface area (Å²) in [6, 6.07) is 38.4. The van der Waals surface area contributed by atoms with Gasteiger partial charge >= 0.3 is 0 Å². The molecule has 244 valence electrons. The molecule has 5 heteroatoms. The first-order chi connectivity index (χ1) is 21.3. The van der Waals surface area contributed by atoms with Gasteiger partial charge in [0.15, 0.2) is 0 Å². The zero-order chi connectivity index (χ0) is 31.9. The first-order valence-corrected chi connectivity index (χ1v) is 28.4. The van der Waals surface area contributed by atoms with Crippen molar-refractivity contribution in [2.24, 2.45) is 0 Å². The van der Waals surface area contributed by atoms with Crippen molar-refractivity contribution in [3.05, 3.63) is 95.6 Å². The molecule has 44 heavy (non-hydrogen) atoms. The number of rotatable bonds is 24. The van der Waals surface area contributed by atoms with E-state index in [1.165, 1.54) is 47.4 Å². The molecule has 0 unspecified atom stereocenters. The van der Waals surface area contributed by atoms with Gasteiger partial charge in [-0.15, -0.1) is 0 Å².